The number of rotatable bonds is 6. The SMILES string of the molecule is CCSc1nc2ccc(S(=O)(=O)NCc3cccnc3)cc2s1. The number of fused-ring (bicyclic) bond motifs is 1. The van der Waals surface area contributed by atoms with Crippen molar-refractivity contribution >= 4 is 43.3 Å². The number of sulfonamides is 1. The molecule has 23 heavy (non-hydrogen) atoms. The molecule has 120 valence electrons. The number of aromatic nitrogens is 2. The molecular weight excluding hydrogens is 350 g/mol. The van der Waals surface area contributed by atoms with Gasteiger partial charge in [-0.15, -0.1) is 11.3 Å². The first kappa shape index (κ1) is 16.4. The van der Waals surface area contributed by atoms with Crippen LogP contribution in [0.25, 0.3) is 10.2 Å². The molecule has 0 aliphatic carbocycles. The van der Waals surface area contributed by atoms with Gasteiger partial charge in [-0.25, -0.2) is 18.1 Å². The number of nitrogens with one attached hydrogen (secondary N) is 1. The van der Waals surface area contributed by atoms with Gasteiger partial charge in [-0.2, -0.15) is 0 Å². The maximum Gasteiger partial charge on any atom is 0.240 e. The molecule has 5 nitrogen and oxygen atoms in total. The molecule has 0 bridgehead atoms. The van der Waals surface area contributed by atoms with E-state index in [-0.39, 0.29) is 11.4 Å². The minimum Gasteiger partial charge on any atom is -0.264 e. The Morgan fingerprint density at radius 3 is 2.91 bits per heavy atom. The second-order valence-corrected chi connectivity index (χ2v) is 9.04. The molecule has 0 unspecified atom stereocenters. The maximum atomic E-state index is 12.4. The van der Waals surface area contributed by atoms with Crippen molar-refractivity contribution in [1.82, 2.24) is 14.7 Å². The molecule has 0 spiro atoms. The lowest BCUT2D eigenvalue weighted by Crippen LogP contribution is -2.23. The van der Waals surface area contributed by atoms with Crippen molar-refractivity contribution in [3.8, 4) is 0 Å². The lowest BCUT2D eigenvalue weighted by Gasteiger charge is -2.06. The van der Waals surface area contributed by atoms with Gasteiger partial charge in [-0.05, 0) is 35.6 Å². The summed E-state index contributed by atoms with van der Waals surface area (Å²) in [5, 5.41) is 0. The average molecular weight is 366 g/mol. The normalized spacial score (nSPS) is 11.9. The van der Waals surface area contributed by atoms with Crippen molar-refractivity contribution in [2.75, 3.05) is 5.75 Å². The van der Waals surface area contributed by atoms with Crippen LogP contribution in [-0.2, 0) is 16.6 Å². The maximum absolute atomic E-state index is 12.4. The van der Waals surface area contributed by atoms with Gasteiger partial charge >= 0.3 is 0 Å². The van der Waals surface area contributed by atoms with Crippen LogP contribution in [-0.4, -0.2) is 24.1 Å². The number of thiazole rings is 1. The quantitative estimate of drug-likeness (QED) is 0.679. The molecule has 3 aromatic rings. The number of benzene rings is 1. The highest BCUT2D eigenvalue weighted by Gasteiger charge is 2.15. The molecule has 0 aliphatic rings. The number of pyridine rings is 1. The van der Waals surface area contributed by atoms with Crippen LogP contribution in [0.15, 0.2) is 52.0 Å². The first-order valence-corrected chi connectivity index (χ1v) is 10.3. The van der Waals surface area contributed by atoms with Gasteiger partial charge in [-0.1, -0.05) is 24.8 Å². The summed E-state index contributed by atoms with van der Waals surface area (Å²) >= 11 is 3.17. The summed E-state index contributed by atoms with van der Waals surface area (Å²) < 4.78 is 29.3. The van der Waals surface area contributed by atoms with Crippen LogP contribution in [0.2, 0.25) is 0 Å². The summed E-state index contributed by atoms with van der Waals surface area (Å²) in [6.07, 6.45) is 3.30. The van der Waals surface area contributed by atoms with E-state index in [1.807, 2.05) is 6.07 Å². The summed E-state index contributed by atoms with van der Waals surface area (Å²) in [5.41, 5.74) is 1.65. The summed E-state index contributed by atoms with van der Waals surface area (Å²) in [4.78, 5) is 8.71. The van der Waals surface area contributed by atoms with Gasteiger partial charge in [0.05, 0.1) is 15.1 Å². The number of hydrogen-bond donors (Lipinski definition) is 1. The van der Waals surface area contributed by atoms with Gasteiger partial charge in [-0.3, -0.25) is 4.98 Å². The number of thioether (sulfide) groups is 1. The Bertz CT molecular complexity index is 908. The van der Waals surface area contributed by atoms with Gasteiger partial charge in [0.25, 0.3) is 0 Å². The number of nitrogens with zero attached hydrogens (tertiary/aromatic N) is 2. The fourth-order valence-corrected chi connectivity index (χ4v) is 5.12. The third-order valence-corrected chi connectivity index (χ3v) is 6.55. The minimum atomic E-state index is -3.56. The zero-order valence-corrected chi connectivity index (χ0v) is 14.8. The zero-order valence-electron chi connectivity index (χ0n) is 12.4. The largest absolute Gasteiger partial charge is 0.264 e. The first-order valence-electron chi connectivity index (χ1n) is 7.00. The van der Waals surface area contributed by atoms with E-state index >= 15 is 0 Å². The third-order valence-electron chi connectivity index (χ3n) is 3.11. The fraction of sp³-hybridized carbons (Fsp3) is 0.200. The van der Waals surface area contributed by atoms with Crippen molar-refractivity contribution in [2.45, 2.75) is 22.7 Å². The van der Waals surface area contributed by atoms with Crippen molar-refractivity contribution in [2.24, 2.45) is 0 Å². The molecule has 0 saturated heterocycles. The van der Waals surface area contributed by atoms with E-state index in [1.54, 1.807) is 48.4 Å². The van der Waals surface area contributed by atoms with Crippen LogP contribution in [0.4, 0.5) is 0 Å². The predicted octanol–water partition coefficient (Wildman–Crippen LogP) is 3.28. The predicted molar refractivity (Wildman–Crippen MR) is 94.3 cm³/mol. The molecule has 1 N–H and O–H groups in total. The van der Waals surface area contributed by atoms with Crippen LogP contribution < -0.4 is 4.72 Å². The lowest BCUT2D eigenvalue weighted by atomic mass is 10.3. The zero-order chi connectivity index (χ0) is 16.3. The van der Waals surface area contributed by atoms with E-state index in [1.165, 1.54) is 11.3 Å². The number of hydrogen-bond acceptors (Lipinski definition) is 6. The standard InChI is InChI=1S/C15H15N3O2S3/c1-2-21-15-18-13-6-5-12(8-14(13)22-15)23(19,20)17-10-11-4-3-7-16-9-11/h3-9,17H,2,10H2,1H3. The van der Waals surface area contributed by atoms with E-state index in [9.17, 15) is 8.42 Å². The van der Waals surface area contributed by atoms with Crippen molar-refractivity contribution < 1.29 is 8.42 Å². The Morgan fingerprint density at radius 1 is 1.30 bits per heavy atom. The third kappa shape index (κ3) is 3.89. The molecule has 3 rings (SSSR count). The van der Waals surface area contributed by atoms with E-state index in [2.05, 4.69) is 21.6 Å². The molecule has 0 amide bonds. The monoisotopic (exact) mass is 365 g/mol. The molecule has 8 heteroatoms. The molecular formula is C15H15N3O2S3. The van der Waals surface area contributed by atoms with Gasteiger partial charge in [0.1, 0.15) is 0 Å². The van der Waals surface area contributed by atoms with Gasteiger partial charge in [0.15, 0.2) is 4.34 Å². The Kier molecular flexibility index (Phi) is 4.96. The molecule has 0 saturated carbocycles. The van der Waals surface area contributed by atoms with Gasteiger partial charge in [0.2, 0.25) is 10.0 Å². The first-order chi connectivity index (χ1) is 11.1. The Hall–Kier alpha value is -1.48. The minimum absolute atomic E-state index is 0.216. The van der Waals surface area contributed by atoms with Crippen molar-refractivity contribution in [1.29, 1.82) is 0 Å². The topological polar surface area (TPSA) is 72.0 Å². The Balaban J connectivity index is 1.82. The van der Waals surface area contributed by atoms with Crippen molar-refractivity contribution in [3.63, 3.8) is 0 Å². The average Bonchev–Trinajstić information content (AvgIpc) is 2.96. The van der Waals surface area contributed by atoms with Crippen LogP contribution >= 0.6 is 23.1 Å². The van der Waals surface area contributed by atoms with Gasteiger partial charge in [0, 0.05) is 18.9 Å². The lowest BCUT2D eigenvalue weighted by molar-refractivity contribution is 0.581. The molecule has 2 aromatic heterocycles. The highest BCUT2D eigenvalue weighted by atomic mass is 32.2. The van der Waals surface area contributed by atoms with Crippen LogP contribution in [0.5, 0.6) is 0 Å². The Morgan fingerprint density at radius 2 is 2.17 bits per heavy atom. The summed E-state index contributed by atoms with van der Waals surface area (Å²) in [5.74, 6) is 0.942. The molecule has 0 fully saturated rings. The van der Waals surface area contributed by atoms with Crippen LogP contribution in [0, 0.1) is 0 Å². The highest BCUT2D eigenvalue weighted by molar-refractivity contribution is 8.01. The van der Waals surface area contributed by atoms with E-state index in [0.717, 1.165) is 25.9 Å². The molecule has 1 aromatic carbocycles. The Labute approximate surface area is 143 Å². The fourth-order valence-electron chi connectivity index (χ4n) is 2.00. The van der Waals surface area contributed by atoms with Crippen LogP contribution in [0.1, 0.15) is 12.5 Å². The van der Waals surface area contributed by atoms with Gasteiger partial charge < -0.3 is 0 Å². The molecule has 2 heterocycles. The summed E-state index contributed by atoms with van der Waals surface area (Å²) in [7, 11) is -3.56. The summed E-state index contributed by atoms with van der Waals surface area (Å²) in [6.45, 7) is 2.28. The van der Waals surface area contributed by atoms with Crippen LogP contribution in [0.3, 0.4) is 0 Å². The second kappa shape index (κ2) is 6.96. The summed E-state index contributed by atoms with van der Waals surface area (Å²) in [6, 6.07) is 8.63. The van der Waals surface area contributed by atoms with E-state index < -0.39 is 10.0 Å². The van der Waals surface area contributed by atoms with Crippen molar-refractivity contribution in [3.05, 3.63) is 48.3 Å². The van der Waals surface area contributed by atoms with E-state index in [0.29, 0.717) is 0 Å². The molecule has 0 atom stereocenters. The highest BCUT2D eigenvalue weighted by Crippen LogP contribution is 2.30. The van der Waals surface area contributed by atoms with E-state index in [4.69, 9.17) is 0 Å². The smallest absolute Gasteiger partial charge is 0.240 e. The molecule has 0 aliphatic heterocycles. The second-order valence-electron chi connectivity index (χ2n) is 4.73. The molecule has 0 radical (unpaired) electrons.